The Morgan fingerprint density at radius 2 is 2.17 bits per heavy atom. The van der Waals surface area contributed by atoms with Crippen molar-refractivity contribution in [3.05, 3.63) is 24.0 Å². The van der Waals surface area contributed by atoms with E-state index in [2.05, 4.69) is 4.98 Å². The summed E-state index contributed by atoms with van der Waals surface area (Å²) in [5.41, 5.74) is -0.145. The lowest BCUT2D eigenvalue weighted by Gasteiger charge is -2.22. The fourth-order valence-corrected chi connectivity index (χ4v) is 2.79. The van der Waals surface area contributed by atoms with Crippen molar-refractivity contribution in [1.82, 2.24) is 9.29 Å². The highest BCUT2D eigenvalue weighted by atomic mass is 32.2. The zero-order valence-electron chi connectivity index (χ0n) is 10.0. The van der Waals surface area contributed by atoms with Crippen molar-refractivity contribution >= 4 is 10.0 Å². The van der Waals surface area contributed by atoms with Crippen molar-refractivity contribution in [2.45, 2.75) is 24.3 Å². The Hall–Kier alpha value is -1.96. The molecule has 0 radical (unpaired) electrons. The average molecular weight is 264 g/mol. The summed E-state index contributed by atoms with van der Waals surface area (Å²) in [6, 6.07) is 5.98. The molecule has 1 aromatic rings. The Morgan fingerprint density at radius 1 is 1.50 bits per heavy atom. The fraction of sp³-hybridized carbons (Fsp3) is 0.364. The lowest BCUT2D eigenvalue weighted by Crippen LogP contribution is -2.35. The Morgan fingerprint density at radius 3 is 2.72 bits per heavy atom. The lowest BCUT2D eigenvalue weighted by molar-refractivity contribution is 0.393. The Labute approximate surface area is 106 Å². The minimum Gasteiger partial charge on any atom is -0.244 e. The molecule has 18 heavy (non-hydrogen) atoms. The van der Waals surface area contributed by atoms with Crippen LogP contribution in [-0.2, 0) is 10.0 Å². The molecule has 6 nitrogen and oxygen atoms in total. The molecule has 0 bridgehead atoms. The van der Waals surface area contributed by atoms with Gasteiger partial charge in [0.05, 0.1) is 12.5 Å². The van der Waals surface area contributed by atoms with Crippen molar-refractivity contribution in [3.63, 3.8) is 0 Å². The van der Waals surface area contributed by atoms with E-state index >= 15 is 0 Å². The Bertz CT molecular complexity index is 613. The second-order valence-electron chi connectivity index (χ2n) is 3.69. The smallest absolute Gasteiger partial charge is 0.244 e. The molecule has 0 aliphatic heterocycles. The number of pyridine rings is 1. The second kappa shape index (κ2) is 5.58. The summed E-state index contributed by atoms with van der Waals surface area (Å²) in [7, 11) is -2.43. The van der Waals surface area contributed by atoms with E-state index in [1.807, 2.05) is 6.07 Å². The van der Waals surface area contributed by atoms with Gasteiger partial charge in [-0.1, -0.05) is 0 Å². The van der Waals surface area contributed by atoms with Crippen molar-refractivity contribution in [3.8, 4) is 12.1 Å². The van der Waals surface area contributed by atoms with Crippen LogP contribution >= 0.6 is 0 Å². The monoisotopic (exact) mass is 264 g/mol. The first-order chi connectivity index (χ1) is 8.45. The van der Waals surface area contributed by atoms with Crippen LogP contribution in [0.25, 0.3) is 0 Å². The normalized spacial score (nSPS) is 12.7. The third-order valence-corrected chi connectivity index (χ3v) is 4.54. The van der Waals surface area contributed by atoms with Gasteiger partial charge in [0, 0.05) is 19.3 Å². The van der Waals surface area contributed by atoms with E-state index in [-0.39, 0.29) is 17.0 Å². The van der Waals surface area contributed by atoms with Gasteiger partial charge in [-0.25, -0.2) is 13.4 Å². The molecule has 0 saturated carbocycles. The van der Waals surface area contributed by atoms with Gasteiger partial charge in [-0.2, -0.15) is 14.8 Å². The van der Waals surface area contributed by atoms with E-state index in [0.29, 0.717) is 0 Å². The summed E-state index contributed by atoms with van der Waals surface area (Å²) in [5, 5.41) is 17.4. The predicted octanol–water partition coefficient (Wildman–Crippen LogP) is 0.876. The van der Waals surface area contributed by atoms with Crippen molar-refractivity contribution in [2.24, 2.45) is 0 Å². The number of aromatic nitrogens is 1. The van der Waals surface area contributed by atoms with E-state index in [1.165, 1.54) is 25.4 Å². The van der Waals surface area contributed by atoms with Crippen LogP contribution in [0.3, 0.4) is 0 Å². The molecule has 0 aromatic carbocycles. The zero-order valence-corrected chi connectivity index (χ0v) is 10.8. The topological polar surface area (TPSA) is 97.8 Å². The predicted molar refractivity (Wildman–Crippen MR) is 63.6 cm³/mol. The van der Waals surface area contributed by atoms with Crippen LogP contribution < -0.4 is 0 Å². The summed E-state index contributed by atoms with van der Waals surface area (Å²) in [6.45, 7) is 1.63. The van der Waals surface area contributed by atoms with Gasteiger partial charge < -0.3 is 0 Å². The van der Waals surface area contributed by atoms with Gasteiger partial charge in [-0.15, -0.1) is 0 Å². The maximum atomic E-state index is 12.3. The maximum Gasteiger partial charge on any atom is 0.245 e. The summed E-state index contributed by atoms with van der Waals surface area (Å²) >= 11 is 0. The largest absolute Gasteiger partial charge is 0.245 e. The maximum absolute atomic E-state index is 12.3. The molecule has 0 amide bonds. The molecule has 1 rings (SSSR count). The number of sulfonamides is 1. The summed E-state index contributed by atoms with van der Waals surface area (Å²) < 4.78 is 25.6. The molecule has 0 aliphatic carbocycles. The first-order valence-electron chi connectivity index (χ1n) is 5.15. The number of nitrogens with zero attached hydrogens (tertiary/aromatic N) is 4. The zero-order chi connectivity index (χ0) is 13.8. The van der Waals surface area contributed by atoms with Crippen LogP contribution in [0, 0.1) is 22.7 Å². The van der Waals surface area contributed by atoms with Gasteiger partial charge in [0.25, 0.3) is 0 Å². The third-order valence-electron chi connectivity index (χ3n) is 2.54. The Kier molecular flexibility index (Phi) is 4.38. The molecule has 7 heteroatoms. The van der Waals surface area contributed by atoms with E-state index in [0.717, 1.165) is 4.31 Å². The molecule has 0 saturated heterocycles. The van der Waals surface area contributed by atoms with Gasteiger partial charge in [-0.3, -0.25) is 0 Å². The molecular formula is C11H12N4O2S. The van der Waals surface area contributed by atoms with Crippen LogP contribution in [0.15, 0.2) is 23.2 Å². The van der Waals surface area contributed by atoms with E-state index < -0.39 is 16.1 Å². The first kappa shape index (κ1) is 14.1. The number of nitriles is 2. The van der Waals surface area contributed by atoms with Gasteiger partial charge in [0.1, 0.15) is 11.0 Å². The molecule has 1 aromatic heterocycles. The highest BCUT2D eigenvalue weighted by Crippen LogP contribution is 2.19. The third kappa shape index (κ3) is 2.65. The van der Waals surface area contributed by atoms with Crippen LogP contribution in [0.2, 0.25) is 0 Å². The van der Waals surface area contributed by atoms with E-state index in [9.17, 15) is 8.42 Å². The van der Waals surface area contributed by atoms with E-state index in [1.54, 1.807) is 13.0 Å². The average Bonchev–Trinajstić information content (AvgIpc) is 2.38. The number of hydrogen-bond acceptors (Lipinski definition) is 5. The number of rotatable bonds is 4. The molecule has 1 atom stereocenters. The molecule has 0 N–H and O–H groups in total. The molecule has 94 valence electrons. The van der Waals surface area contributed by atoms with Crippen molar-refractivity contribution in [2.75, 3.05) is 7.05 Å². The second-order valence-corrected chi connectivity index (χ2v) is 5.66. The minimum atomic E-state index is -3.81. The quantitative estimate of drug-likeness (QED) is 0.803. The molecule has 0 aliphatic rings. The fourth-order valence-electron chi connectivity index (χ4n) is 1.34. The van der Waals surface area contributed by atoms with Gasteiger partial charge >= 0.3 is 0 Å². The molecule has 0 spiro atoms. The molecular weight excluding hydrogens is 252 g/mol. The Balaban J connectivity index is 3.23. The highest BCUT2D eigenvalue weighted by Gasteiger charge is 2.28. The van der Waals surface area contributed by atoms with Crippen molar-refractivity contribution in [1.29, 1.82) is 10.5 Å². The van der Waals surface area contributed by atoms with E-state index in [4.69, 9.17) is 10.5 Å². The summed E-state index contributed by atoms with van der Waals surface area (Å²) in [6.07, 6.45) is 1.44. The highest BCUT2D eigenvalue weighted by molar-refractivity contribution is 7.89. The lowest BCUT2D eigenvalue weighted by atomic mass is 10.3. The van der Waals surface area contributed by atoms with Crippen LogP contribution in [0.1, 0.15) is 19.0 Å². The SMILES string of the molecule is CC(CC#N)N(C)S(=O)(=O)c1cccnc1C#N. The standard InChI is InChI=1S/C11H12N4O2S/c1-9(5-6-12)15(2)18(16,17)11-4-3-7-14-10(11)8-13/h3-4,7,9H,5H2,1-2H3. The van der Waals surface area contributed by atoms with Crippen LogP contribution in [0.5, 0.6) is 0 Å². The van der Waals surface area contributed by atoms with Crippen LogP contribution in [-0.4, -0.2) is 30.8 Å². The minimum absolute atomic E-state index is 0.0812. The number of hydrogen-bond donors (Lipinski definition) is 0. The molecule has 0 fully saturated rings. The summed E-state index contributed by atoms with van der Waals surface area (Å²) in [5.74, 6) is 0. The van der Waals surface area contributed by atoms with Gasteiger partial charge in [-0.05, 0) is 19.1 Å². The molecule has 1 unspecified atom stereocenters. The van der Waals surface area contributed by atoms with Crippen LogP contribution in [0.4, 0.5) is 0 Å². The summed E-state index contributed by atoms with van der Waals surface area (Å²) in [4.78, 5) is 3.58. The molecule has 1 heterocycles. The van der Waals surface area contributed by atoms with Gasteiger partial charge in [0.2, 0.25) is 10.0 Å². The van der Waals surface area contributed by atoms with Gasteiger partial charge in [0.15, 0.2) is 5.69 Å². The first-order valence-corrected chi connectivity index (χ1v) is 6.59. The van der Waals surface area contributed by atoms with Crippen molar-refractivity contribution < 1.29 is 8.42 Å².